The van der Waals surface area contributed by atoms with Crippen LogP contribution in [0.1, 0.15) is 30.4 Å². The van der Waals surface area contributed by atoms with Crippen LogP contribution in [0.4, 0.5) is 5.69 Å². The minimum atomic E-state index is 0.0953. The second kappa shape index (κ2) is 5.78. The Labute approximate surface area is 126 Å². The van der Waals surface area contributed by atoms with Gasteiger partial charge in [-0.3, -0.25) is 9.69 Å². The van der Waals surface area contributed by atoms with Crippen LogP contribution in [-0.4, -0.2) is 42.6 Å². The van der Waals surface area contributed by atoms with Crippen molar-refractivity contribution in [3.8, 4) is 0 Å². The number of nitrogens with one attached hydrogen (secondary N) is 1. The van der Waals surface area contributed by atoms with Crippen LogP contribution < -0.4 is 5.32 Å². The smallest absolute Gasteiger partial charge is 0.238 e. The molecule has 0 unspecified atom stereocenters. The van der Waals surface area contributed by atoms with Gasteiger partial charge in [0, 0.05) is 31.0 Å². The molecule has 0 radical (unpaired) electrons. The highest BCUT2D eigenvalue weighted by Gasteiger charge is 2.45. The van der Waals surface area contributed by atoms with Crippen LogP contribution in [0.25, 0.3) is 0 Å². The number of amides is 1. The fourth-order valence-electron chi connectivity index (χ4n) is 3.51. The van der Waals surface area contributed by atoms with Crippen LogP contribution in [-0.2, 0) is 9.53 Å². The molecule has 1 N–H and O–H groups in total. The van der Waals surface area contributed by atoms with Crippen molar-refractivity contribution in [1.82, 2.24) is 4.90 Å². The Morgan fingerprint density at radius 2 is 1.90 bits per heavy atom. The van der Waals surface area contributed by atoms with Gasteiger partial charge in [0.25, 0.3) is 0 Å². The number of carbonyl (C=O) groups is 1. The van der Waals surface area contributed by atoms with Gasteiger partial charge in [-0.15, -0.1) is 0 Å². The lowest BCUT2D eigenvalue weighted by Gasteiger charge is -2.54. The Kier molecular flexibility index (Phi) is 4.00. The molecule has 114 valence electrons. The number of rotatable bonds is 3. The Balaban J connectivity index is 1.62. The zero-order valence-electron chi connectivity index (χ0n) is 12.9. The third-order valence-electron chi connectivity index (χ3n) is 5.02. The SMILES string of the molecule is Cc1cccc(C)c1NC(=O)CN1CCC12CCOCC2. The Hall–Kier alpha value is -1.39. The maximum Gasteiger partial charge on any atom is 0.238 e. The first-order valence-electron chi connectivity index (χ1n) is 7.80. The molecule has 1 aromatic rings. The summed E-state index contributed by atoms with van der Waals surface area (Å²) >= 11 is 0. The quantitative estimate of drug-likeness (QED) is 0.929. The lowest BCUT2D eigenvalue weighted by molar-refractivity contribution is -0.128. The van der Waals surface area contributed by atoms with E-state index in [1.54, 1.807) is 0 Å². The Morgan fingerprint density at radius 1 is 1.24 bits per heavy atom. The number of nitrogens with zero attached hydrogens (tertiary/aromatic N) is 1. The van der Waals surface area contributed by atoms with E-state index in [1.165, 1.54) is 6.42 Å². The zero-order valence-corrected chi connectivity index (χ0v) is 12.9. The minimum absolute atomic E-state index is 0.0953. The summed E-state index contributed by atoms with van der Waals surface area (Å²) < 4.78 is 5.45. The van der Waals surface area contributed by atoms with Crippen molar-refractivity contribution in [2.75, 3.05) is 31.6 Å². The minimum Gasteiger partial charge on any atom is -0.381 e. The van der Waals surface area contributed by atoms with Crippen molar-refractivity contribution in [1.29, 1.82) is 0 Å². The summed E-state index contributed by atoms with van der Waals surface area (Å²) in [5.41, 5.74) is 3.43. The number of benzene rings is 1. The van der Waals surface area contributed by atoms with E-state index in [0.29, 0.717) is 6.54 Å². The van der Waals surface area contributed by atoms with E-state index in [-0.39, 0.29) is 11.4 Å². The van der Waals surface area contributed by atoms with Crippen molar-refractivity contribution < 1.29 is 9.53 Å². The summed E-state index contributed by atoms with van der Waals surface area (Å²) in [6.45, 7) is 7.25. The highest BCUT2D eigenvalue weighted by molar-refractivity contribution is 5.93. The van der Waals surface area contributed by atoms with E-state index in [1.807, 2.05) is 32.0 Å². The zero-order chi connectivity index (χ0) is 14.9. The largest absolute Gasteiger partial charge is 0.381 e. The van der Waals surface area contributed by atoms with Gasteiger partial charge in [-0.05, 0) is 44.2 Å². The van der Waals surface area contributed by atoms with Gasteiger partial charge in [-0.1, -0.05) is 18.2 Å². The molecule has 4 heteroatoms. The summed E-state index contributed by atoms with van der Waals surface area (Å²) in [5, 5.41) is 3.09. The van der Waals surface area contributed by atoms with Crippen LogP contribution in [0.2, 0.25) is 0 Å². The molecule has 21 heavy (non-hydrogen) atoms. The predicted octanol–water partition coefficient (Wildman–Crippen LogP) is 2.50. The van der Waals surface area contributed by atoms with Gasteiger partial charge in [0.05, 0.1) is 6.54 Å². The Bertz CT molecular complexity index is 515. The second-order valence-electron chi connectivity index (χ2n) is 6.32. The van der Waals surface area contributed by atoms with Gasteiger partial charge in [0.1, 0.15) is 0 Å². The predicted molar refractivity (Wildman–Crippen MR) is 83.5 cm³/mol. The number of carbonyl (C=O) groups excluding carboxylic acids is 1. The number of aryl methyl sites for hydroxylation is 2. The van der Waals surface area contributed by atoms with Gasteiger partial charge >= 0.3 is 0 Å². The number of ether oxygens (including phenoxy) is 1. The molecule has 1 aromatic carbocycles. The molecule has 0 atom stereocenters. The molecule has 0 aromatic heterocycles. The van der Waals surface area contributed by atoms with Crippen LogP contribution in [0, 0.1) is 13.8 Å². The third kappa shape index (κ3) is 2.83. The van der Waals surface area contributed by atoms with E-state index >= 15 is 0 Å². The second-order valence-corrected chi connectivity index (χ2v) is 6.32. The molecule has 0 aliphatic carbocycles. The van der Waals surface area contributed by atoms with Crippen LogP contribution in [0.3, 0.4) is 0 Å². The lowest BCUT2D eigenvalue weighted by Crippen LogP contribution is -2.63. The van der Waals surface area contributed by atoms with Crippen molar-refractivity contribution in [2.24, 2.45) is 0 Å². The van der Waals surface area contributed by atoms with E-state index in [0.717, 1.165) is 49.4 Å². The molecule has 0 saturated carbocycles. The van der Waals surface area contributed by atoms with Crippen molar-refractivity contribution in [3.05, 3.63) is 29.3 Å². The molecule has 2 heterocycles. The highest BCUT2D eigenvalue weighted by Crippen LogP contribution is 2.39. The molecule has 2 saturated heterocycles. The topological polar surface area (TPSA) is 41.6 Å². The fourth-order valence-corrected chi connectivity index (χ4v) is 3.51. The standard InChI is InChI=1S/C17H24N2O2/c1-13-4-3-5-14(2)16(13)18-15(20)12-19-9-6-17(19)7-10-21-11-8-17/h3-5H,6-12H2,1-2H3,(H,18,20). The summed E-state index contributed by atoms with van der Waals surface area (Å²) in [4.78, 5) is 14.7. The monoisotopic (exact) mass is 288 g/mol. The van der Waals surface area contributed by atoms with E-state index < -0.39 is 0 Å². The summed E-state index contributed by atoms with van der Waals surface area (Å²) in [7, 11) is 0. The van der Waals surface area contributed by atoms with E-state index in [2.05, 4.69) is 10.2 Å². The summed E-state index contributed by atoms with van der Waals surface area (Å²) in [6, 6.07) is 6.09. The number of hydrogen-bond acceptors (Lipinski definition) is 3. The molecule has 2 aliphatic rings. The third-order valence-corrected chi connectivity index (χ3v) is 5.02. The van der Waals surface area contributed by atoms with Crippen LogP contribution >= 0.6 is 0 Å². The van der Waals surface area contributed by atoms with Gasteiger partial charge in [0.15, 0.2) is 0 Å². The van der Waals surface area contributed by atoms with Gasteiger partial charge < -0.3 is 10.1 Å². The molecule has 4 nitrogen and oxygen atoms in total. The molecule has 1 amide bonds. The fraction of sp³-hybridized carbons (Fsp3) is 0.588. The molecule has 2 fully saturated rings. The number of hydrogen-bond donors (Lipinski definition) is 1. The van der Waals surface area contributed by atoms with Crippen molar-refractivity contribution in [2.45, 2.75) is 38.6 Å². The number of likely N-dealkylation sites (tertiary alicyclic amines) is 1. The highest BCUT2D eigenvalue weighted by atomic mass is 16.5. The first-order chi connectivity index (χ1) is 10.1. The summed E-state index contributed by atoms with van der Waals surface area (Å²) in [6.07, 6.45) is 3.32. The van der Waals surface area contributed by atoms with E-state index in [4.69, 9.17) is 4.74 Å². The molecule has 3 rings (SSSR count). The van der Waals surface area contributed by atoms with Gasteiger partial charge in [-0.2, -0.15) is 0 Å². The Morgan fingerprint density at radius 3 is 2.48 bits per heavy atom. The first-order valence-corrected chi connectivity index (χ1v) is 7.80. The molecule has 0 bridgehead atoms. The maximum absolute atomic E-state index is 12.4. The van der Waals surface area contributed by atoms with Crippen LogP contribution in [0.5, 0.6) is 0 Å². The van der Waals surface area contributed by atoms with Crippen molar-refractivity contribution >= 4 is 11.6 Å². The van der Waals surface area contributed by atoms with Crippen molar-refractivity contribution in [3.63, 3.8) is 0 Å². The van der Waals surface area contributed by atoms with Crippen LogP contribution in [0.15, 0.2) is 18.2 Å². The number of anilines is 1. The molecular weight excluding hydrogens is 264 g/mol. The molecular formula is C17H24N2O2. The number of para-hydroxylation sites is 1. The average Bonchev–Trinajstić information content (AvgIpc) is 2.48. The van der Waals surface area contributed by atoms with Gasteiger partial charge in [-0.25, -0.2) is 0 Å². The van der Waals surface area contributed by atoms with Gasteiger partial charge in [0.2, 0.25) is 5.91 Å². The lowest BCUT2D eigenvalue weighted by atomic mass is 9.78. The maximum atomic E-state index is 12.4. The normalized spacial score (nSPS) is 21.0. The van der Waals surface area contributed by atoms with E-state index in [9.17, 15) is 4.79 Å². The average molecular weight is 288 g/mol. The molecule has 2 aliphatic heterocycles. The summed E-state index contributed by atoms with van der Waals surface area (Å²) in [5.74, 6) is 0.0953. The molecule has 1 spiro atoms. The first kappa shape index (κ1) is 14.5.